The van der Waals surface area contributed by atoms with E-state index < -0.39 is 0 Å². The maximum absolute atomic E-state index is 8.41. The van der Waals surface area contributed by atoms with E-state index in [1.165, 1.54) is 0 Å². The van der Waals surface area contributed by atoms with Crippen LogP contribution in [-0.2, 0) is 0 Å². The lowest BCUT2D eigenvalue weighted by molar-refractivity contribution is 0.255. The number of rotatable bonds is 4. The lowest BCUT2D eigenvalue weighted by Crippen LogP contribution is -2.32. The van der Waals surface area contributed by atoms with E-state index in [9.17, 15) is 0 Å². The molecule has 0 aromatic heterocycles. The first-order chi connectivity index (χ1) is 5.72. The van der Waals surface area contributed by atoms with E-state index in [-0.39, 0.29) is 0 Å². The predicted octanol–water partition coefficient (Wildman–Crippen LogP) is 1.63. The van der Waals surface area contributed by atoms with Gasteiger partial charge in [0.25, 0.3) is 0 Å². The van der Waals surface area contributed by atoms with Gasteiger partial charge in [-0.25, -0.2) is 0 Å². The molecule has 66 valence electrons. The van der Waals surface area contributed by atoms with Gasteiger partial charge in [-0.2, -0.15) is 5.26 Å². The number of hydrogen-bond donors (Lipinski definition) is 0. The Bertz CT molecular complexity index is 202. The van der Waals surface area contributed by atoms with E-state index in [1.54, 1.807) is 0 Å². The summed E-state index contributed by atoms with van der Waals surface area (Å²) in [6, 6.07) is 2.61. The molecule has 12 heavy (non-hydrogen) atoms. The van der Waals surface area contributed by atoms with Crippen LogP contribution in [-0.4, -0.2) is 24.0 Å². The van der Waals surface area contributed by atoms with Crippen LogP contribution in [0, 0.1) is 23.2 Å². The van der Waals surface area contributed by atoms with Crippen LogP contribution in [0.2, 0.25) is 0 Å². The van der Waals surface area contributed by atoms with E-state index in [4.69, 9.17) is 5.26 Å². The SMILES string of the molecule is CC#CCN(CCC#N)C(C)C. The van der Waals surface area contributed by atoms with Crippen molar-refractivity contribution in [2.24, 2.45) is 0 Å². The molecule has 2 heteroatoms. The van der Waals surface area contributed by atoms with Gasteiger partial charge < -0.3 is 0 Å². The van der Waals surface area contributed by atoms with Crippen molar-refractivity contribution in [3.05, 3.63) is 0 Å². The van der Waals surface area contributed by atoms with Gasteiger partial charge in [-0.3, -0.25) is 4.90 Å². The van der Waals surface area contributed by atoms with E-state index >= 15 is 0 Å². The average Bonchev–Trinajstić information content (AvgIpc) is 2.04. The molecule has 0 fully saturated rings. The molecule has 0 rings (SSSR count). The minimum atomic E-state index is 0.471. The van der Waals surface area contributed by atoms with Crippen LogP contribution in [0.5, 0.6) is 0 Å². The van der Waals surface area contributed by atoms with Crippen LogP contribution in [0.3, 0.4) is 0 Å². The zero-order chi connectivity index (χ0) is 9.40. The second-order valence-corrected chi connectivity index (χ2v) is 2.90. The fourth-order valence-corrected chi connectivity index (χ4v) is 0.894. The van der Waals surface area contributed by atoms with E-state index in [0.29, 0.717) is 12.5 Å². The quantitative estimate of drug-likeness (QED) is 0.590. The summed E-state index contributed by atoms with van der Waals surface area (Å²) in [5, 5.41) is 8.41. The molecule has 0 spiro atoms. The molecule has 0 aromatic carbocycles. The normalized spacial score (nSPS) is 9.33. The van der Waals surface area contributed by atoms with Gasteiger partial charge in [0.05, 0.1) is 12.6 Å². The molecule has 0 aliphatic carbocycles. The summed E-state index contributed by atoms with van der Waals surface area (Å²) in [6.07, 6.45) is 0.587. The second kappa shape index (κ2) is 6.70. The molecule has 0 radical (unpaired) electrons. The summed E-state index contributed by atoms with van der Waals surface area (Å²) < 4.78 is 0. The molecule has 0 unspecified atom stereocenters. The highest BCUT2D eigenvalue weighted by atomic mass is 15.1. The molecule has 2 nitrogen and oxygen atoms in total. The molecule has 0 aromatic rings. The monoisotopic (exact) mass is 164 g/mol. The highest BCUT2D eigenvalue weighted by Crippen LogP contribution is 1.97. The minimum Gasteiger partial charge on any atom is -0.289 e. The molecular formula is C10H16N2. The van der Waals surface area contributed by atoms with Crippen molar-refractivity contribution in [3.8, 4) is 17.9 Å². The number of hydrogen-bond acceptors (Lipinski definition) is 2. The number of nitriles is 1. The molecule has 0 bridgehead atoms. The Morgan fingerprint density at radius 1 is 1.42 bits per heavy atom. The van der Waals surface area contributed by atoms with E-state index in [0.717, 1.165) is 13.1 Å². The van der Waals surface area contributed by atoms with Crippen molar-refractivity contribution in [2.75, 3.05) is 13.1 Å². The van der Waals surface area contributed by atoms with Crippen molar-refractivity contribution in [1.29, 1.82) is 5.26 Å². The van der Waals surface area contributed by atoms with Crippen LogP contribution in [0.15, 0.2) is 0 Å². The van der Waals surface area contributed by atoms with Gasteiger partial charge in [-0.1, -0.05) is 5.92 Å². The smallest absolute Gasteiger partial charge is 0.0635 e. The van der Waals surface area contributed by atoms with Crippen LogP contribution in [0.1, 0.15) is 27.2 Å². The molecule has 0 atom stereocenters. The molecule has 0 aliphatic rings. The Labute approximate surface area is 75.2 Å². The standard InChI is InChI=1S/C10H16N2/c1-4-5-8-12(10(2)3)9-6-7-11/h10H,6,8-9H2,1-3H3. The molecule has 0 N–H and O–H groups in total. The molecule has 0 saturated carbocycles. The summed E-state index contributed by atoms with van der Waals surface area (Å²) >= 11 is 0. The maximum atomic E-state index is 8.41. The van der Waals surface area contributed by atoms with Crippen molar-refractivity contribution < 1.29 is 0 Å². The highest BCUT2D eigenvalue weighted by Gasteiger charge is 2.05. The molecule has 0 aliphatic heterocycles. The molecule has 0 amide bonds. The zero-order valence-corrected chi connectivity index (χ0v) is 8.09. The highest BCUT2D eigenvalue weighted by molar-refractivity contribution is 4.98. The lowest BCUT2D eigenvalue weighted by atomic mass is 10.3. The minimum absolute atomic E-state index is 0.471. The first kappa shape index (κ1) is 11.0. The average molecular weight is 164 g/mol. The van der Waals surface area contributed by atoms with Gasteiger partial charge in [-0.05, 0) is 20.8 Å². The first-order valence-electron chi connectivity index (χ1n) is 4.23. The van der Waals surface area contributed by atoms with Gasteiger partial charge in [0.1, 0.15) is 0 Å². The van der Waals surface area contributed by atoms with Crippen LogP contribution in [0.25, 0.3) is 0 Å². The van der Waals surface area contributed by atoms with Crippen LogP contribution in [0.4, 0.5) is 0 Å². The first-order valence-corrected chi connectivity index (χ1v) is 4.23. The van der Waals surface area contributed by atoms with Crippen LogP contribution < -0.4 is 0 Å². The third kappa shape index (κ3) is 4.77. The van der Waals surface area contributed by atoms with Crippen molar-refractivity contribution in [1.82, 2.24) is 4.90 Å². The molecule has 0 heterocycles. The van der Waals surface area contributed by atoms with E-state index in [1.807, 2.05) is 6.92 Å². The molecule has 0 saturated heterocycles. The van der Waals surface area contributed by atoms with Gasteiger partial charge >= 0.3 is 0 Å². The predicted molar refractivity (Wildman–Crippen MR) is 50.4 cm³/mol. The summed E-state index contributed by atoms with van der Waals surface area (Å²) in [7, 11) is 0. The lowest BCUT2D eigenvalue weighted by Gasteiger charge is -2.22. The summed E-state index contributed by atoms with van der Waals surface area (Å²) in [5.41, 5.74) is 0. The Kier molecular flexibility index (Phi) is 6.15. The van der Waals surface area contributed by atoms with E-state index in [2.05, 4.69) is 36.7 Å². The maximum Gasteiger partial charge on any atom is 0.0635 e. The topological polar surface area (TPSA) is 27.0 Å². The third-order valence-corrected chi connectivity index (χ3v) is 1.70. The summed E-state index contributed by atoms with van der Waals surface area (Å²) in [4.78, 5) is 2.19. The fraction of sp³-hybridized carbons (Fsp3) is 0.700. The zero-order valence-electron chi connectivity index (χ0n) is 8.09. The summed E-state index contributed by atoms with van der Waals surface area (Å²) in [5.74, 6) is 5.86. The Balaban J connectivity index is 3.85. The molecular weight excluding hydrogens is 148 g/mol. The largest absolute Gasteiger partial charge is 0.289 e. The van der Waals surface area contributed by atoms with Gasteiger partial charge in [-0.15, -0.1) is 5.92 Å². The van der Waals surface area contributed by atoms with Gasteiger partial charge in [0, 0.05) is 19.0 Å². The second-order valence-electron chi connectivity index (χ2n) is 2.90. The fourth-order valence-electron chi connectivity index (χ4n) is 0.894. The Hall–Kier alpha value is -0.990. The van der Waals surface area contributed by atoms with Gasteiger partial charge in [0.15, 0.2) is 0 Å². The number of nitrogens with zero attached hydrogens (tertiary/aromatic N) is 2. The Morgan fingerprint density at radius 2 is 2.08 bits per heavy atom. The van der Waals surface area contributed by atoms with Crippen LogP contribution >= 0.6 is 0 Å². The van der Waals surface area contributed by atoms with Crippen molar-refractivity contribution in [3.63, 3.8) is 0 Å². The van der Waals surface area contributed by atoms with Gasteiger partial charge in [0.2, 0.25) is 0 Å². The van der Waals surface area contributed by atoms with Crippen molar-refractivity contribution in [2.45, 2.75) is 33.2 Å². The van der Waals surface area contributed by atoms with Crippen molar-refractivity contribution >= 4 is 0 Å². The third-order valence-electron chi connectivity index (χ3n) is 1.70. The Morgan fingerprint density at radius 3 is 2.50 bits per heavy atom. The summed E-state index contributed by atoms with van der Waals surface area (Å²) in [6.45, 7) is 7.67.